The quantitative estimate of drug-likeness (QED) is 0.491. The van der Waals surface area contributed by atoms with Gasteiger partial charge in [0, 0.05) is 5.56 Å². The maximum Gasteiger partial charge on any atom is 0.352 e. The molecular formula is C23H18BrNO4. The molecule has 0 aliphatic rings. The van der Waals surface area contributed by atoms with E-state index >= 15 is 0 Å². The summed E-state index contributed by atoms with van der Waals surface area (Å²) in [5.41, 5.74) is 1.90. The monoisotopic (exact) mass is 451 g/mol. The number of carboxylic acid groups (broad SMARTS) is 1. The average Bonchev–Trinajstić information content (AvgIpc) is 2.71. The van der Waals surface area contributed by atoms with Crippen LogP contribution in [-0.4, -0.2) is 17.0 Å². The van der Waals surface area contributed by atoms with E-state index in [2.05, 4.69) is 21.2 Å². The minimum atomic E-state index is -1.22. The van der Waals surface area contributed by atoms with Crippen molar-refractivity contribution in [2.24, 2.45) is 0 Å². The standard InChI is InChI=1S/C23H18BrNO4/c1-15-7-12-21(19(24)13-15)29-18-10-8-16(9-11-18)14-20(23(27)28)25-22(26)17-5-3-2-4-6-17/h2-14H,1H3,(H,25,26)(H,27,28). The summed E-state index contributed by atoms with van der Waals surface area (Å²) in [6, 6.07) is 21.1. The first-order chi connectivity index (χ1) is 13.9. The Morgan fingerprint density at radius 3 is 2.31 bits per heavy atom. The Hall–Kier alpha value is -3.38. The van der Waals surface area contributed by atoms with Crippen LogP contribution in [0.15, 0.2) is 83.0 Å². The fourth-order valence-electron chi connectivity index (χ4n) is 2.55. The van der Waals surface area contributed by atoms with Gasteiger partial charge in [0.15, 0.2) is 0 Å². The lowest BCUT2D eigenvalue weighted by atomic mass is 10.1. The average molecular weight is 452 g/mol. The van der Waals surface area contributed by atoms with Crippen molar-refractivity contribution in [2.45, 2.75) is 6.92 Å². The predicted molar refractivity (Wildman–Crippen MR) is 115 cm³/mol. The van der Waals surface area contributed by atoms with Crippen LogP contribution in [0.1, 0.15) is 21.5 Å². The fourth-order valence-corrected chi connectivity index (χ4v) is 3.12. The molecule has 3 rings (SSSR count). The van der Waals surface area contributed by atoms with E-state index in [-0.39, 0.29) is 5.70 Å². The molecule has 0 bridgehead atoms. The van der Waals surface area contributed by atoms with E-state index in [0.717, 1.165) is 10.0 Å². The molecule has 0 saturated carbocycles. The highest BCUT2D eigenvalue weighted by Crippen LogP contribution is 2.30. The van der Waals surface area contributed by atoms with E-state index in [4.69, 9.17) is 4.74 Å². The Bertz CT molecular complexity index is 1060. The molecule has 0 saturated heterocycles. The molecule has 146 valence electrons. The van der Waals surface area contributed by atoms with Gasteiger partial charge >= 0.3 is 5.97 Å². The summed E-state index contributed by atoms with van der Waals surface area (Å²) in [5, 5.41) is 11.9. The van der Waals surface area contributed by atoms with Crippen LogP contribution >= 0.6 is 15.9 Å². The van der Waals surface area contributed by atoms with Gasteiger partial charge in [-0.2, -0.15) is 0 Å². The molecular weight excluding hydrogens is 434 g/mol. The van der Waals surface area contributed by atoms with Crippen molar-refractivity contribution in [3.63, 3.8) is 0 Å². The second kappa shape index (κ2) is 9.21. The predicted octanol–water partition coefficient (Wildman–Crippen LogP) is 5.41. The molecule has 0 spiro atoms. The third-order valence-corrected chi connectivity index (χ3v) is 4.64. The van der Waals surface area contributed by atoms with Crippen molar-refractivity contribution in [2.75, 3.05) is 0 Å². The lowest BCUT2D eigenvalue weighted by Gasteiger charge is -2.09. The number of aryl methyl sites for hydroxylation is 1. The molecule has 0 aromatic heterocycles. The van der Waals surface area contributed by atoms with E-state index in [0.29, 0.717) is 22.6 Å². The SMILES string of the molecule is Cc1ccc(Oc2ccc(C=C(NC(=O)c3ccccc3)C(=O)O)cc2)c(Br)c1. The van der Waals surface area contributed by atoms with Gasteiger partial charge in [-0.3, -0.25) is 4.79 Å². The topological polar surface area (TPSA) is 75.6 Å². The second-order valence-electron chi connectivity index (χ2n) is 6.29. The number of benzene rings is 3. The first kappa shape index (κ1) is 20.4. The molecule has 3 aromatic carbocycles. The highest BCUT2D eigenvalue weighted by atomic mass is 79.9. The molecule has 0 aliphatic carbocycles. The Balaban J connectivity index is 1.75. The zero-order valence-corrected chi connectivity index (χ0v) is 17.1. The molecule has 1 amide bonds. The maximum absolute atomic E-state index is 12.2. The largest absolute Gasteiger partial charge is 0.477 e. The molecule has 0 atom stereocenters. The van der Waals surface area contributed by atoms with Crippen LogP contribution < -0.4 is 10.1 Å². The smallest absolute Gasteiger partial charge is 0.352 e. The van der Waals surface area contributed by atoms with Gasteiger partial charge in [-0.15, -0.1) is 0 Å². The molecule has 0 aliphatic heterocycles. The Kier molecular flexibility index (Phi) is 6.46. The van der Waals surface area contributed by atoms with Gasteiger partial charge in [0.05, 0.1) is 4.47 Å². The van der Waals surface area contributed by atoms with Crippen molar-refractivity contribution in [3.8, 4) is 11.5 Å². The van der Waals surface area contributed by atoms with Crippen LogP contribution in [0.2, 0.25) is 0 Å². The highest BCUT2D eigenvalue weighted by molar-refractivity contribution is 9.10. The molecule has 0 fully saturated rings. The summed E-state index contributed by atoms with van der Waals surface area (Å²) in [7, 11) is 0. The van der Waals surface area contributed by atoms with E-state index in [9.17, 15) is 14.7 Å². The number of rotatable bonds is 6. The number of carbonyl (C=O) groups excluding carboxylic acids is 1. The van der Waals surface area contributed by atoms with Gasteiger partial charge in [-0.05, 0) is 76.5 Å². The molecule has 0 radical (unpaired) electrons. The van der Waals surface area contributed by atoms with Gasteiger partial charge in [0.25, 0.3) is 5.91 Å². The van der Waals surface area contributed by atoms with Crippen LogP contribution in [0.4, 0.5) is 0 Å². The summed E-state index contributed by atoms with van der Waals surface area (Å²) < 4.78 is 6.69. The Morgan fingerprint density at radius 1 is 1.00 bits per heavy atom. The maximum atomic E-state index is 12.2. The first-order valence-electron chi connectivity index (χ1n) is 8.78. The van der Waals surface area contributed by atoms with Gasteiger partial charge in [0.1, 0.15) is 17.2 Å². The van der Waals surface area contributed by atoms with E-state index in [1.165, 1.54) is 6.08 Å². The van der Waals surface area contributed by atoms with Crippen LogP contribution in [0, 0.1) is 6.92 Å². The van der Waals surface area contributed by atoms with Gasteiger partial charge in [0.2, 0.25) is 0 Å². The van der Waals surface area contributed by atoms with E-state index < -0.39 is 11.9 Å². The lowest BCUT2D eigenvalue weighted by Crippen LogP contribution is -2.27. The van der Waals surface area contributed by atoms with Crippen molar-refractivity contribution < 1.29 is 19.4 Å². The molecule has 29 heavy (non-hydrogen) atoms. The molecule has 0 unspecified atom stereocenters. The first-order valence-corrected chi connectivity index (χ1v) is 9.57. The van der Waals surface area contributed by atoms with Gasteiger partial charge < -0.3 is 15.2 Å². The van der Waals surface area contributed by atoms with Crippen LogP contribution in [0.25, 0.3) is 6.08 Å². The summed E-state index contributed by atoms with van der Waals surface area (Å²) in [4.78, 5) is 23.8. The molecule has 2 N–H and O–H groups in total. The lowest BCUT2D eigenvalue weighted by molar-refractivity contribution is -0.132. The van der Waals surface area contributed by atoms with Crippen LogP contribution in [0.5, 0.6) is 11.5 Å². The Morgan fingerprint density at radius 2 is 1.69 bits per heavy atom. The third kappa shape index (κ3) is 5.56. The Labute approximate surface area is 176 Å². The van der Waals surface area contributed by atoms with Crippen LogP contribution in [-0.2, 0) is 4.79 Å². The van der Waals surface area contributed by atoms with Crippen molar-refractivity contribution >= 4 is 33.9 Å². The molecule has 6 heteroatoms. The number of hydrogen-bond acceptors (Lipinski definition) is 3. The summed E-state index contributed by atoms with van der Waals surface area (Å²) in [5.74, 6) is -0.418. The normalized spacial score (nSPS) is 11.0. The molecule has 0 heterocycles. The van der Waals surface area contributed by atoms with Crippen LogP contribution in [0.3, 0.4) is 0 Å². The molecule has 3 aromatic rings. The second-order valence-corrected chi connectivity index (χ2v) is 7.14. The van der Waals surface area contributed by atoms with E-state index in [1.807, 2.05) is 25.1 Å². The number of carboxylic acids is 1. The number of hydrogen-bond donors (Lipinski definition) is 2. The molecule has 5 nitrogen and oxygen atoms in total. The minimum absolute atomic E-state index is 0.214. The zero-order chi connectivity index (χ0) is 20.8. The number of nitrogens with one attached hydrogen (secondary N) is 1. The van der Waals surface area contributed by atoms with Crippen molar-refractivity contribution in [1.29, 1.82) is 0 Å². The number of ether oxygens (including phenoxy) is 1. The number of halogens is 1. The fraction of sp³-hybridized carbons (Fsp3) is 0.0435. The summed E-state index contributed by atoms with van der Waals surface area (Å²) in [6.07, 6.45) is 1.40. The summed E-state index contributed by atoms with van der Waals surface area (Å²) in [6.45, 7) is 1.99. The highest BCUT2D eigenvalue weighted by Gasteiger charge is 2.13. The zero-order valence-electron chi connectivity index (χ0n) is 15.6. The minimum Gasteiger partial charge on any atom is -0.477 e. The van der Waals surface area contributed by atoms with Crippen molar-refractivity contribution in [1.82, 2.24) is 5.32 Å². The number of amides is 1. The van der Waals surface area contributed by atoms with E-state index in [1.54, 1.807) is 54.6 Å². The number of aliphatic carboxylic acids is 1. The van der Waals surface area contributed by atoms with Gasteiger partial charge in [-0.25, -0.2) is 4.79 Å². The number of carbonyl (C=O) groups is 2. The third-order valence-electron chi connectivity index (χ3n) is 4.02. The summed E-state index contributed by atoms with van der Waals surface area (Å²) >= 11 is 3.47. The van der Waals surface area contributed by atoms with Gasteiger partial charge in [-0.1, -0.05) is 36.4 Å². The van der Waals surface area contributed by atoms with Crippen molar-refractivity contribution in [3.05, 3.63) is 99.7 Å².